The van der Waals surface area contributed by atoms with Crippen LogP contribution < -0.4 is 27.0 Å². The van der Waals surface area contributed by atoms with Gasteiger partial charge in [-0.2, -0.15) is 0 Å². The second-order valence-electron chi connectivity index (χ2n) is 20.6. The van der Waals surface area contributed by atoms with Crippen LogP contribution in [0.5, 0.6) is 0 Å². The molecule has 6 fully saturated rings. The number of aliphatic hydroxyl groups is 13. The fourth-order valence-electron chi connectivity index (χ4n) is 10.4. The van der Waals surface area contributed by atoms with Gasteiger partial charge in [-0.15, -0.1) is 0 Å². The number of aliphatic hydroxyl groups excluding tert-OH is 12. The summed E-state index contributed by atoms with van der Waals surface area (Å²) in [5.74, 6) is -3.13. The molecule has 6 heterocycles. The number of carbonyl (C=O) groups excluding carboxylic acids is 4. The van der Waals surface area contributed by atoms with Crippen molar-refractivity contribution in [1.29, 1.82) is 0 Å². The van der Waals surface area contributed by atoms with Crippen LogP contribution in [0.4, 0.5) is 0 Å². The first-order valence-corrected chi connectivity index (χ1v) is 25.8. The van der Waals surface area contributed by atoms with Crippen LogP contribution in [0.1, 0.15) is 41.5 Å². The molecule has 12 unspecified atom stereocenters. The van der Waals surface area contributed by atoms with Gasteiger partial charge in [0.15, 0.2) is 37.7 Å². The molecule has 30 atom stereocenters. The Labute approximate surface area is 457 Å². The zero-order valence-electron chi connectivity index (χ0n) is 44.7. The van der Waals surface area contributed by atoms with Crippen molar-refractivity contribution in [3.8, 4) is 0 Å². The first-order valence-electron chi connectivity index (χ1n) is 25.8. The van der Waals surface area contributed by atoms with Crippen molar-refractivity contribution >= 4 is 23.6 Å². The highest BCUT2D eigenvalue weighted by Crippen LogP contribution is 2.37. The lowest BCUT2D eigenvalue weighted by Crippen LogP contribution is -2.72. The van der Waals surface area contributed by atoms with E-state index in [4.69, 9.17) is 62.6 Å². The number of hydrogen-bond acceptors (Lipinski definition) is 30. The summed E-state index contributed by atoms with van der Waals surface area (Å²) >= 11 is 0. The lowest BCUT2D eigenvalue weighted by molar-refractivity contribution is -0.369. The van der Waals surface area contributed by atoms with Gasteiger partial charge in [0.05, 0.1) is 45.2 Å². The van der Waals surface area contributed by atoms with Crippen molar-refractivity contribution < 1.29 is 142 Å². The monoisotopic (exact) mass is 1170 g/mol. The van der Waals surface area contributed by atoms with E-state index in [-0.39, 0.29) is 0 Å². The number of nitrogens with one attached hydrogen (secondary N) is 4. The van der Waals surface area contributed by atoms with Crippen molar-refractivity contribution in [2.75, 3.05) is 40.1 Å². The Morgan fingerprint density at radius 3 is 1.20 bits per heavy atom. The minimum absolute atomic E-state index is 0.635. The smallest absolute Gasteiger partial charge is 0.217 e. The summed E-state index contributed by atoms with van der Waals surface area (Å²) in [5.41, 5.74) is 4.25. The van der Waals surface area contributed by atoms with Gasteiger partial charge < -0.3 is 150 Å². The summed E-state index contributed by atoms with van der Waals surface area (Å²) in [6.45, 7) is 2.62. The molecule has 0 spiro atoms. The lowest BCUT2D eigenvalue weighted by atomic mass is 9.86. The molecule has 0 saturated carbocycles. The Morgan fingerprint density at radius 1 is 0.475 bits per heavy atom. The Hall–Kier alpha value is -3.16. The van der Waals surface area contributed by atoms with Gasteiger partial charge in [-0.05, 0) is 13.8 Å². The van der Waals surface area contributed by atoms with Gasteiger partial charge in [-0.25, -0.2) is 0 Å². The van der Waals surface area contributed by atoms with E-state index in [0.29, 0.717) is 0 Å². The molecule has 0 bridgehead atoms. The third-order valence-electron chi connectivity index (χ3n) is 14.9. The van der Waals surface area contributed by atoms with E-state index >= 15 is 0 Å². The molecule has 34 heteroatoms. The number of amides is 4. The highest BCUT2D eigenvalue weighted by Gasteiger charge is 2.58. The zero-order chi connectivity index (χ0) is 59.4. The Morgan fingerprint density at radius 2 is 0.825 bits per heavy atom. The van der Waals surface area contributed by atoms with Gasteiger partial charge in [0.1, 0.15) is 134 Å². The lowest BCUT2D eigenvalue weighted by Gasteiger charge is -2.51. The molecule has 462 valence electrons. The predicted molar refractivity (Wildman–Crippen MR) is 256 cm³/mol. The molecular formula is C46H79N5O29. The third kappa shape index (κ3) is 14.5. The summed E-state index contributed by atoms with van der Waals surface area (Å²) in [5, 5.41) is 153. The standard InChI is InChI=1S/C46H79N5O29/c1-13-46(6,68)39(66)38(69-7)45(71-13)70-12-22-37(30(62)24(40(67)72-22)48-14(2)56)80-44-27(51-17(5)59)33(65)36(21(11-55)76-44)79-43-26(50-16(4)58)32(64)35(20(10-54)75-43)78-42-25(49-15(3)57)31(63)34(19(9-53)74-42)77-41-23(47)29(61)28(60)18(8-52)73-41/h13,18-45,52-55,60-68H,8-12,47H2,1-7H3,(H,48,56)(H,49,57)(H,50,58)(H,51,59)/t13?,18?,19?,20?,21?,22?,23?,24?,25?,26?,27?,28-,29-,30-,31-,32-,33-,34-,35-,36-,37-,38-,39?,40-,41+,42+,43+,44+,45-,46-/m1/s1. The van der Waals surface area contributed by atoms with E-state index in [1.807, 2.05) is 0 Å². The summed E-state index contributed by atoms with van der Waals surface area (Å²) in [6, 6.07) is -8.18. The van der Waals surface area contributed by atoms with Crippen molar-refractivity contribution in [1.82, 2.24) is 21.3 Å². The van der Waals surface area contributed by atoms with E-state index in [1.165, 1.54) is 21.0 Å². The van der Waals surface area contributed by atoms with Crippen LogP contribution >= 0.6 is 0 Å². The van der Waals surface area contributed by atoms with E-state index in [1.54, 1.807) is 0 Å². The van der Waals surface area contributed by atoms with E-state index in [9.17, 15) is 85.6 Å². The number of rotatable bonds is 20. The average molecular weight is 1170 g/mol. The molecule has 0 radical (unpaired) electrons. The van der Waals surface area contributed by atoms with E-state index in [0.717, 1.165) is 27.7 Å². The molecule has 34 nitrogen and oxygen atoms in total. The van der Waals surface area contributed by atoms with Gasteiger partial charge >= 0.3 is 0 Å². The molecule has 0 aromatic heterocycles. The van der Waals surface area contributed by atoms with Crippen LogP contribution in [0.3, 0.4) is 0 Å². The van der Waals surface area contributed by atoms with Crippen molar-refractivity contribution in [2.24, 2.45) is 5.73 Å². The molecule has 6 saturated heterocycles. The number of methoxy groups -OCH3 is 1. The van der Waals surface area contributed by atoms with Crippen LogP contribution in [-0.4, -0.2) is 314 Å². The van der Waals surface area contributed by atoms with Gasteiger partial charge in [0.2, 0.25) is 23.6 Å². The number of nitrogens with two attached hydrogens (primary N) is 1. The molecular weight excluding hydrogens is 1090 g/mol. The Balaban J connectivity index is 1.24. The third-order valence-corrected chi connectivity index (χ3v) is 14.9. The zero-order valence-corrected chi connectivity index (χ0v) is 44.7. The molecule has 0 aromatic rings. The van der Waals surface area contributed by atoms with E-state index in [2.05, 4.69) is 21.3 Å². The van der Waals surface area contributed by atoms with Crippen LogP contribution in [0.2, 0.25) is 0 Å². The van der Waals surface area contributed by atoms with Crippen molar-refractivity contribution in [2.45, 2.75) is 225 Å². The first kappa shape index (κ1) is 66.0. The summed E-state index contributed by atoms with van der Waals surface area (Å²) in [7, 11) is 1.21. The topological polar surface area (TPSA) is 516 Å². The van der Waals surface area contributed by atoms with Gasteiger partial charge in [-0.1, -0.05) is 0 Å². The first-order chi connectivity index (χ1) is 37.6. The molecule has 6 rings (SSSR count). The normalized spacial score (nSPS) is 47.2. The van der Waals surface area contributed by atoms with Crippen LogP contribution in [0.25, 0.3) is 0 Å². The second kappa shape index (κ2) is 28.2. The molecule has 19 N–H and O–H groups in total. The van der Waals surface area contributed by atoms with Gasteiger partial charge in [0, 0.05) is 34.8 Å². The summed E-state index contributed by atoms with van der Waals surface area (Å²) in [6.07, 6.45) is -40.5. The fraction of sp³-hybridized carbons (Fsp3) is 0.913. The summed E-state index contributed by atoms with van der Waals surface area (Å²) in [4.78, 5) is 50.4. The second-order valence-corrected chi connectivity index (χ2v) is 20.6. The predicted octanol–water partition coefficient (Wildman–Crippen LogP) is -11.5. The quantitative estimate of drug-likeness (QED) is 0.0538. The highest BCUT2D eigenvalue weighted by molar-refractivity contribution is 5.74. The molecule has 6 aliphatic rings. The highest BCUT2D eigenvalue weighted by atomic mass is 16.8. The number of ether oxygens (including phenoxy) is 12. The average Bonchev–Trinajstić information content (AvgIpc) is 3.53. The minimum atomic E-state index is -2.02. The molecule has 80 heavy (non-hydrogen) atoms. The largest absolute Gasteiger partial charge is 0.394 e. The molecule has 4 amide bonds. The Bertz CT molecular complexity index is 2040. The Kier molecular flexibility index (Phi) is 23.2. The summed E-state index contributed by atoms with van der Waals surface area (Å²) < 4.78 is 70.9. The maximum Gasteiger partial charge on any atom is 0.217 e. The minimum Gasteiger partial charge on any atom is -0.394 e. The molecule has 6 aliphatic heterocycles. The SMILES string of the molecule is CO[C@@H]1C(O)[C@](C)(O)C(C)O[C@H]1OCC1O[C@@H](O)C(NC(C)=O)[C@@H](O)[C@@H]1O[C@@H]1OC(CO)[C@@H](O[C@@H]2OC(CO)[C@@H](O[C@@H]3OC(CO)[C@@H](O[C@@H]4OC(CO)[C@@H](O)[C@H](O)C4N)[C@H](O)C3NC(C)=O)[C@H](O)C2NC(C)=O)[C@H](O)C1NC(C)=O. The van der Waals surface area contributed by atoms with Crippen molar-refractivity contribution in [3.63, 3.8) is 0 Å². The van der Waals surface area contributed by atoms with Gasteiger partial charge in [0.25, 0.3) is 0 Å². The fourth-order valence-corrected chi connectivity index (χ4v) is 10.4. The maximum atomic E-state index is 12.8. The molecule has 0 aromatic carbocycles. The maximum absolute atomic E-state index is 12.8. The van der Waals surface area contributed by atoms with E-state index < -0.39 is 240 Å². The number of carbonyl (C=O) groups is 4. The van der Waals surface area contributed by atoms with Crippen molar-refractivity contribution in [3.05, 3.63) is 0 Å². The number of hydrogen-bond donors (Lipinski definition) is 18. The van der Waals surface area contributed by atoms with Crippen LogP contribution in [-0.2, 0) is 76.0 Å². The van der Waals surface area contributed by atoms with Crippen LogP contribution in [0.15, 0.2) is 0 Å². The van der Waals surface area contributed by atoms with Crippen LogP contribution in [0, 0.1) is 0 Å². The molecule has 0 aliphatic carbocycles. The van der Waals surface area contributed by atoms with Gasteiger partial charge in [-0.3, -0.25) is 19.2 Å².